The third kappa shape index (κ3) is 3.31. The molecule has 19 heavy (non-hydrogen) atoms. The molecule has 0 spiro atoms. The van der Waals surface area contributed by atoms with E-state index in [0.717, 1.165) is 13.0 Å². The number of nitrogens with two attached hydrogens (primary N) is 1. The Morgan fingerprint density at radius 2 is 2.32 bits per heavy atom. The largest absolute Gasteiger partial charge is 0.396 e. The van der Waals surface area contributed by atoms with Gasteiger partial charge in [0.15, 0.2) is 0 Å². The highest BCUT2D eigenvalue weighted by Crippen LogP contribution is 2.15. The highest BCUT2D eigenvalue weighted by Gasteiger charge is 2.11. The predicted octanol–water partition coefficient (Wildman–Crippen LogP) is 1.42. The molecule has 2 rings (SSSR count). The number of hydrogen-bond acceptors (Lipinski definition) is 3. The molecule has 0 atom stereocenters. The Hall–Kier alpha value is -2.37. The van der Waals surface area contributed by atoms with Crippen molar-refractivity contribution in [3.05, 3.63) is 48.3 Å². The van der Waals surface area contributed by atoms with E-state index < -0.39 is 5.82 Å². The first-order chi connectivity index (χ1) is 9.18. The van der Waals surface area contributed by atoms with Crippen molar-refractivity contribution < 1.29 is 9.18 Å². The van der Waals surface area contributed by atoms with Crippen molar-refractivity contribution >= 4 is 11.6 Å². The fourth-order valence-corrected chi connectivity index (χ4v) is 1.71. The first kappa shape index (κ1) is 13.1. The van der Waals surface area contributed by atoms with Crippen molar-refractivity contribution in [1.82, 2.24) is 14.9 Å². The molecule has 0 saturated heterocycles. The Balaban J connectivity index is 1.83. The molecule has 3 N–H and O–H groups in total. The standard InChI is InChI=1S/C13H15FN4O/c14-11-4-1-3-10(12(11)15)13(19)17-5-2-7-18-8-6-16-9-18/h1,3-4,6,8-9H,2,5,7,15H2,(H,17,19). The van der Waals surface area contributed by atoms with Crippen LogP contribution in [0.3, 0.4) is 0 Å². The average molecular weight is 262 g/mol. The number of nitrogens with zero attached hydrogens (tertiary/aromatic N) is 2. The van der Waals surface area contributed by atoms with E-state index in [-0.39, 0.29) is 17.2 Å². The lowest BCUT2D eigenvalue weighted by Crippen LogP contribution is -2.26. The highest BCUT2D eigenvalue weighted by molar-refractivity contribution is 5.99. The molecular weight excluding hydrogens is 247 g/mol. The number of carbonyl (C=O) groups is 1. The number of aryl methyl sites for hydroxylation is 1. The van der Waals surface area contributed by atoms with Gasteiger partial charge in [-0.3, -0.25) is 4.79 Å². The van der Waals surface area contributed by atoms with Crippen molar-refractivity contribution in [2.24, 2.45) is 0 Å². The summed E-state index contributed by atoms with van der Waals surface area (Å²) in [6.07, 6.45) is 6.03. The number of imidazole rings is 1. The Morgan fingerprint density at radius 3 is 3.05 bits per heavy atom. The van der Waals surface area contributed by atoms with E-state index in [1.54, 1.807) is 12.5 Å². The number of aromatic nitrogens is 2. The van der Waals surface area contributed by atoms with Gasteiger partial charge in [-0.2, -0.15) is 0 Å². The maximum absolute atomic E-state index is 13.2. The van der Waals surface area contributed by atoms with Gasteiger partial charge < -0.3 is 15.6 Å². The number of para-hydroxylation sites is 1. The summed E-state index contributed by atoms with van der Waals surface area (Å²) in [5.74, 6) is -0.936. The summed E-state index contributed by atoms with van der Waals surface area (Å²) in [6.45, 7) is 1.26. The van der Waals surface area contributed by atoms with Crippen molar-refractivity contribution in [1.29, 1.82) is 0 Å². The summed E-state index contributed by atoms with van der Waals surface area (Å²) < 4.78 is 15.1. The molecule has 1 aromatic heterocycles. The molecule has 0 bridgehead atoms. The zero-order chi connectivity index (χ0) is 13.7. The minimum Gasteiger partial charge on any atom is -0.396 e. The normalized spacial score (nSPS) is 10.4. The number of amides is 1. The van der Waals surface area contributed by atoms with Crippen LogP contribution in [0.1, 0.15) is 16.8 Å². The molecule has 0 aliphatic carbocycles. The number of halogens is 1. The van der Waals surface area contributed by atoms with Crippen LogP contribution in [0.4, 0.5) is 10.1 Å². The molecule has 0 radical (unpaired) electrons. The maximum Gasteiger partial charge on any atom is 0.253 e. The lowest BCUT2D eigenvalue weighted by atomic mass is 10.1. The van der Waals surface area contributed by atoms with Gasteiger partial charge in [-0.1, -0.05) is 6.07 Å². The third-order valence-electron chi connectivity index (χ3n) is 2.74. The summed E-state index contributed by atoms with van der Waals surface area (Å²) in [4.78, 5) is 15.7. The first-order valence-electron chi connectivity index (χ1n) is 5.96. The van der Waals surface area contributed by atoms with Crippen LogP contribution in [-0.4, -0.2) is 22.0 Å². The van der Waals surface area contributed by atoms with Gasteiger partial charge in [0.2, 0.25) is 0 Å². The molecular formula is C13H15FN4O. The minimum absolute atomic E-state index is 0.116. The number of rotatable bonds is 5. The topological polar surface area (TPSA) is 72.9 Å². The maximum atomic E-state index is 13.2. The van der Waals surface area contributed by atoms with E-state index in [1.807, 2.05) is 10.8 Å². The van der Waals surface area contributed by atoms with Crippen LogP contribution >= 0.6 is 0 Å². The second-order valence-electron chi connectivity index (χ2n) is 4.11. The zero-order valence-electron chi connectivity index (χ0n) is 10.3. The predicted molar refractivity (Wildman–Crippen MR) is 70.0 cm³/mol. The van der Waals surface area contributed by atoms with E-state index in [1.165, 1.54) is 18.2 Å². The van der Waals surface area contributed by atoms with Gasteiger partial charge in [0.1, 0.15) is 5.82 Å². The molecule has 1 aromatic carbocycles. The lowest BCUT2D eigenvalue weighted by Gasteiger charge is -2.08. The summed E-state index contributed by atoms with van der Waals surface area (Å²) in [6, 6.07) is 4.20. The molecule has 2 aromatic rings. The average Bonchev–Trinajstić information content (AvgIpc) is 2.91. The van der Waals surface area contributed by atoms with Crippen LogP contribution in [0, 0.1) is 5.82 Å². The molecule has 0 unspecified atom stereocenters. The van der Waals surface area contributed by atoms with Crippen molar-refractivity contribution in [2.75, 3.05) is 12.3 Å². The Labute approximate surface area is 110 Å². The fraction of sp³-hybridized carbons (Fsp3) is 0.231. The number of hydrogen-bond donors (Lipinski definition) is 2. The van der Waals surface area contributed by atoms with Gasteiger partial charge in [-0.05, 0) is 18.6 Å². The first-order valence-corrected chi connectivity index (χ1v) is 5.96. The second-order valence-corrected chi connectivity index (χ2v) is 4.11. The van der Waals surface area contributed by atoms with E-state index >= 15 is 0 Å². The zero-order valence-corrected chi connectivity index (χ0v) is 10.3. The summed E-state index contributed by atoms with van der Waals surface area (Å²) >= 11 is 0. The van der Waals surface area contributed by atoms with Gasteiger partial charge in [0.05, 0.1) is 17.6 Å². The van der Waals surface area contributed by atoms with Gasteiger partial charge >= 0.3 is 0 Å². The Bertz CT molecular complexity index is 554. The van der Waals surface area contributed by atoms with E-state index in [9.17, 15) is 9.18 Å². The van der Waals surface area contributed by atoms with Crippen LogP contribution in [0.5, 0.6) is 0 Å². The molecule has 0 fully saturated rings. The van der Waals surface area contributed by atoms with E-state index in [4.69, 9.17) is 5.73 Å². The number of nitrogens with one attached hydrogen (secondary N) is 1. The van der Waals surface area contributed by atoms with Crippen LogP contribution in [0.25, 0.3) is 0 Å². The number of anilines is 1. The number of nitrogen functional groups attached to an aromatic ring is 1. The van der Waals surface area contributed by atoms with E-state index in [0.29, 0.717) is 6.54 Å². The second kappa shape index (κ2) is 5.99. The smallest absolute Gasteiger partial charge is 0.253 e. The summed E-state index contributed by atoms with van der Waals surface area (Å²) in [7, 11) is 0. The lowest BCUT2D eigenvalue weighted by molar-refractivity contribution is 0.0953. The van der Waals surface area contributed by atoms with Crippen LogP contribution in [0.15, 0.2) is 36.9 Å². The molecule has 0 saturated carbocycles. The van der Waals surface area contributed by atoms with Crippen LogP contribution in [-0.2, 0) is 6.54 Å². The monoisotopic (exact) mass is 262 g/mol. The van der Waals surface area contributed by atoms with Crippen molar-refractivity contribution in [3.63, 3.8) is 0 Å². The van der Waals surface area contributed by atoms with Crippen molar-refractivity contribution in [3.8, 4) is 0 Å². The van der Waals surface area contributed by atoms with Gasteiger partial charge in [-0.15, -0.1) is 0 Å². The Morgan fingerprint density at radius 1 is 1.47 bits per heavy atom. The molecule has 1 heterocycles. The van der Waals surface area contributed by atoms with Crippen LogP contribution < -0.4 is 11.1 Å². The molecule has 5 nitrogen and oxygen atoms in total. The molecule has 6 heteroatoms. The van der Waals surface area contributed by atoms with Gasteiger partial charge in [-0.25, -0.2) is 9.37 Å². The molecule has 0 aliphatic heterocycles. The van der Waals surface area contributed by atoms with Gasteiger partial charge in [0.25, 0.3) is 5.91 Å². The third-order valence-corrected chi connectivity index (χ3v) is 2.74. The fourth-order valence-electron chi connectivity index (χ4n) is 1.71. The number of carbonyl (C=O) groups excluding carboxylic acids is 1. The summed E-state index contributed by atoms with van der Waals surface area (Å²) in [5.41, 5.74) is 5.57. The highest BCUT2D eigenvalue weighted by atomic mass is 19.1. The van der Waals surface area contributed by atoms with E-state index in [2.05, 4.69) is 10.3 Å². The molecule has 0 aliphatic rings. The quantitative estimate of drug-likeness (QED) is 0.632. The minimum atomic E-state index is -0.578. The molecule has 100 valence electrons. The summed E-state index contributed by atoms with van der Waals surface area (Å²) in [5, 5.41) is 2.71. The Kier molecular flexibility index (Phi) is 4.12. The SMILES string of the molecule is Nc1c(F)cccc1C(=O)NCCCn1ccnc1. The molecule has 1 amide bonds. The number of benzene rings is 1. The van der Waals surface area contributed by atoms with Crippen molar-refractivity contribution in [2.45, 2.75) is 13.0 Å². The van der Waals surface area contributed by atoms with Crippen LogP contribution in [0.2, 0.25) is 0 Å². The van der Waals surface area contributed by atoms with Gasteiger partial charge in [0, 0.05) is 25.5 Å².